The predicted octanol–water partition coefficient (Wildman–Crippen LogP) is 1.94. The van der Waals surface area contributed by atoms with Crippen LogP contribution in [0.2, 0.25) is 0 Å². The minimum atomic E-state index is 0.00740. The lowest BCUT2D eigenvalue weighted by Crippen LogP contribution is -2.26. The van der Waals surface area contributed by atoms with Gasteiger partial charge in [-0.3, -0.25) is 4.79 Å². The lowest BCUT2D eigenvalue weighted by atomic mass is 10.0. The molecule has 3 nitrogen and oxygen atoms in total. The normalized spacial score (nSPS) is 31.9. The number of fused-ring (bicyclic) bond motifs is 1. The van der Waals surface area contributed by atoms with Gasteiger partial charge in [-0.2, -0.15) is 0 Å². The molecule has 0 spiro atoms. The number of hydrogen-bond acceptors (Lipinski definition) is 3. The maximum Gasteiger partial charge on any atom is 0.237 e. The second-order valence-corrected chi connectivity index (χ2v) is 6.03. The quantitative estimate of drug-likeness (QED) is 0.730. The molecular formula is C12H14N2OS. The van der Waals surface area contributed by atoms with E-state index in [2.05, 4.69) is 35.8 Å². The van der Waals surface area contributed by atoms with Gasteiger partial charge in [-0.1, -0.05) is 6.07 Å². The first kappa shape index (κ1) is 10.2. The Morgan fingerprint density at radius 1 is 1.50 bits per heavy atom. The molecule has 84 valence electrons. The average molecular weight is 234 g/mol. The zero-order chi connectivity index (χ0) is 11.3. The number of carbonyl (C=O) groups excluding carboxylic acids is 1. The Balaban J connectivity index is 1.99. The van der Waals surface area contributed by atoms with Crippen molar-refractivity contribution in [2.75, 3.05) is 11.9 Å². The molecular weight excluding hydrogens is 220 g/mol. The van der Waals surface area contributed by atoms with E-state index in [4.69, 9.17) is 0 Å². The molecule has 2 atom stereocenters. The molecule has 2 N–H and O–H groups in total. The Bertz CT molecular complexity index is 468. The number of hydrogen-bond donors (Lipinski definition) is 2. The highest BCUT2D eigenvalue weighted by atomic mass is 32.2. The lowest BCUT2D eigenvalue weighted by Gasteiger charge is -2.22. The molecule has 1 saturated heterocycles. The zero-order valence-corrected chi connectivity index (χ0v) is 10.1. The number of anilines is 1. The van der Waals surface area contributed by atoms with E-state index in [0.29, 0.717) is 0 Å². The maximum absolute atomic E-state index is 11.6. The largest absolute Gasteiger partial charge is 0.324 e. The van der Waals surface area contributed by atoms with Crippen LogP contribution in [0.15, 0.2) is 23.1 Å². The van der Waals surface area contributed by atoms with Gasteiger partial charge >= 0.3 is 0 Å². The summed E-state index contributed by atoms with van der Waals surface area (Å²) in [6.07, 6.45) is 0. The standard InChI is InChI=1S/C12H14N2OS/c1-7-11(15)14-9-5-8(12(2)6-13-12)3-4-10(9)16-7/h3-5,7,13H,6H2,1-2H3,(H,14,15). The van der Waals surface area contributed by atoms with Crippen LogP contribution < -0.4 is 10.6 Å². The molecule has 0 aromatic heterocycles. The monoisotopic (exact) mass is 234 g/mol. The van der Waals surface area contributed by atoms with E-state index in [9.17, 15) is 4.79 Å². The van der Waals surface area contributed by atoms with Gasteiger partial charge in [0, 0.05) is 11.4 Å². The van der Waals surface area contributed by atoms with Crippen molar-refractivity contribution in [1.29, 1.82) is 0 Å². The number of nitrogens with one attached hydrogen (secondary N) is 2. The summed E-state index contributed by atoms with van der Waals surface area (Å²) in [5.74, 6) is 0.101. The second kappa shape index (κ2) is 3.25. The third-order valence-corrected chi connectivity index (χ3v) is 4.43. The van der Waals surface area contributed by atoms with Crippen molar-refractivity contribution in [3.8, 4) is 0 Å². The summed E-state index contributed by atoms with van der Waals surface area (Å²) >= 11 is 1.63. The molecule has 0 saturated carbocycles. The van der Waals surface area contributed by atoms with Crippen molar-refractivity contribution in [1.82, 2.24) is 5.32 Å². The minimum Gasteiger partial charge on any atom is -0.324 e. The van der Waals surface area contributed by atoms with E-state index in [1.807, 2.05) is 6.92 Å². The van der Waals surface area contributed by atoms with Crippen molar-refractivity contribution >= 4 is 23.4 Å². The molecule has 2 heterocycles. The van der Waals surface area contributed by atoms with Crippen molar-refractivity contribution in [3.05, 3.63) is 23.8 Å². The van der Waals surface area contributed by atoms with Crippen molar-refractivity contribution < 1.29 is 4.79 Å². The Morgan fingerprint density at radius 3 is 2.94 bits per heavy atom. The van der Waals surface area contributed by atoms with Gasteiger partial charge in [-0.05, 0) is 31.5 Å². The topological polar surface area (TPSA) is 51.0 Å². The van der Waals surface area contributed by atoms with Crippen LogP contribution in [0.5, 0.6) is 0 Å². The minimum absolute atomic E-state index is 0.00740. The molecule has 3 rings (SSSR count). The van der Waals surface area contributed by atoms with Crippen LogP contribution >= 0.6 is 11.8 Å². The van der Waals surface area contributed by atoms with Crippen molar-refractivity contribution in [2.45, 2.75) is 29.5 Å². The summed E-state index contributed by atoms with van der Waals surface area (Å²) in [7, 11) is 0. The highest BCUT2D eigenvalue weighted by molar-refractivity contribution is 8.00. The van der Waals surface area contributed by atoms with Crippen molar-refractivity contribution in [2.24, 2.45) is 0 Å². The molecule has 1 fully saturated rings. The Hall–Kier alpha value is -1.00. The van der Waals surface area contributed by atoms with Crippen LogP contribution in [0, 0.1) is 0 Å². The number of benzene rings is 1. The van der Waals surface area contributed by atoms with E-state index in [1.165, 1.54) is 10.5 Å². The fraction of sp³-hybridized carbons (Fsp3) is 0.417. The van der Waals surface area contributed by atoms with Crippen LogP contribution in [-0.4, -0.2) is 17.7 Å². The first-order valence-electron chi connectivity index (χ1n) is 5.46. The molecule has 0 bridgehead atoms. The molecule has 2 aliphatic heterocycles. The number of thioether (sulfide) groups is 1. The molecule has 4 heteroatoms. The molecule has 1 aromatic rings. The van der Waals surface area contributed by atoms with Gasteiger partial charge in [0.05, 0.1) is 16.5 Å². The summed E-state index contributed by atoms with van der Waals surface area (Å²) in [5, 5.41) is 6.30. The van der Waals surface area contributed by atoms with Gasteiger partial charge in [0.2, 0.25) is 5.91 Å². The molecule has 0 radical (unpaired) electrons. The van der Waals surface area contributed by atoms with Gasteiger partial charge in [0.15, 0.2) is 0 Å². The SMILES string of the molecule is CC1Sc2ccc(C3(C)CN3)cc2NC1=O. The van der Waals surface area contributed by atoms with E-state index in [1.54, 1.807) is 11.8 Å². The number of rotatable bonds is 1. The van der Waals surface area contributed by atoms with E-state index in [0.717, 1.165) is 12.2 Å². The summed E-state index contributed by atoms with van der Waals surface area (Å²) in [4.78, 5) is 12.8. The van der Waals surface area contributed by atoms with E-state index >= 15 is 0 Å². The van der Waals surface area contributed by atoms with Crippen LogP contribution in [0.25, 0.3) is 0 Å². The molecule has 2 unspecified atom stereocenters. The molecule has 16 heavy (non-hydrogen) atoms. The zero-order valence-electron chi connectivity index (χ0n) is 9.33. The first-order chi connectivity index (χ1) is 7.58. The molecule has 0 aliphatic carbocycles. The number of carbonyl (C=O) groups is 1. The molecule has 1 amide bonds. The summed E-state index contributed by atoms with van der Waals surface area (Å²) < 4.78 is 0. The summed E-state index contributed by atoms with van der Waals surface area (Å²) in [5.41, 5.74) is 2.33. The highest BCUT2D eigenvalue weighted by Crippen LogP contribution is 2.39. The van der Waals surface area contributed by atoms with E-state index in [-0.39, 0.29) is 16.7 Å². The maximum atomic E-state index is 11.6. The predicted molar refractivity (Wildman–Crippen MR) is 65.7 cm³/mol. The third kappa shape index (κ3) is 1.53. The Morgan fingerprint density at radius 2 is 2.25 bits per heavy atom. The fourth-order valence-corrected chi connectivity index (χ4v) is 2.82. The van der Waals surface area contributed by atoms with Crippen molar-refractivity contribution in [3.63, 3.8) is 0 Å². The van der Waals surface area contributed by atoms with Gasteiger partial charge < -0.3 is 10.6 Å². The average Bonchev–Trinajstić information content (AvgIpc) is 2.99. The summed E-state index contributed by atoms with van der Waals surface area (Å²) in [6.45, 7) is 5.12. The Labute approximate surface area is 99.0 Å². The summed E-state index contributed by atoms with van der Waals surface area (Å²) in [6, 6.07) is 6.35. The highest BCUT2D eigenvalue weighted by Gasteiger charge is 2.39. The van der Waals surface area contributed by atoms with Crippen LogP contribution in [0.3, 0.4) is 0 Å². The third-order valence-electron chi connectivity index (χ3n) is 3.25. The van der Waals surface area contributed by atoms with Crippen LogP contribution in [-0.2, 0) is 10.3 Å². The fourth-order valence-electron chi connectivity index (χ4n) is 1.89. The second-order valence-electron chi connectivity index (χ2n) is 4.65. The molecule has 1 aromatic carbocycles. The number of amides is 1. The van der Waals surface area contributed by atoms with Gasteiger partial charge in [0.1, 0.15) is 0 Å². The van der Waals surface area contributed by atoms with Gasteiger partial charge in [0.25, 0.3) is 0 Å². The smallest absolute Gasteiger partial charge is 0.237 e. The first-order valence-corrected chi connectivity index (χ1v) is 6.33. The van der Waals surface area contributed by atoms with E-state index < -0.39 is 0 Å². The van der Waals surface area contributed by atoms with Gasteiger partial charge in [-0.25, -0.2) is 0 Å². The Kier molecular flexibility index (Phi) is 2.06. The van der Waals surface area contributed by atoms with Crippen LogP contribution in [0.4, 0.5) is 5.69 Å². The lowest BCUT2D eigenvalue weighted by molar-refractivity contribution is -0.115. The van der Waals surface area contributed by atoms with Crippen LogP contribution in [0.1, 0.15) is 19.4 Å². The van der Waals surface area contributed by atoms with Gasteiger partial charge in [-0.15, -0.1) is 11.8 Å². The molecule has 2 aliphatic rings.